The second-order valence-corrected chi connectivity index (χ2v) is 4.44. The standard InChI is InChI=1S/C12H24N2O3.ClH/c1-16-7-5-14(6-8-17-2)12(15)10-13-9-11-3-4-11;/h11,13H,3-10H2,1-2H3;1H. The molecule has 0 aliphatic heterocycles. The fourth-order valence-corrected chi connectivity index (χ4v) is 1.58. The van der Waals surface area contributed by atoms with E-state index >= 15 is 0 Å². The van der Waals surface area contributed by atoms with E-state index in [1.165, 1.54) is 12.8 Å². The van der Waals surface area contributed by atoms with Gasteiger partial charge in [0, 0.05) is 27.3 Å². The van der Waals surface area contributed by atoms with Gasteiger partial charge in [-0.1, -0.05) is 0 Å². The molecule has 1 saturated carbocycles. The summed E-state index contributed by atoms with van der Waals surface area (Å²) >= 11 is 0. The zero-order chi connectivity index (χ0) is 12.5. The number of methoxy groups -OCH3 is 2. The molecule has 5 nitrogen and oxygen atoms in total. The minimum Gasteiger partial charge on any atom is -0.383 e. The van der Waals surface area contributed by atoms with Crippen LogP contribution in [0.25, 0.3) is 0 Å². The highest BCUT2D eigenvalue weighted by molar-refractivity contribution is 5.85. The molecule has 0 unspecified atom stereocenters. The molecule has 0 atom stereocenters. The molecule has 0 heterocycles. The van der Waals surface area contributed by atoms with E-state index in [2.05, 4.69) is 5.32 Å². The molecule has 1 amide bonds. The maximum absolute atomic E-state index is 11.9. The van der Waals surface area contributed by atoms with Crippen molar-refractivity contribution in [2.75, 3.05) is 53.6 Å². The summed E-state index contributed by atoms with van der Waals surface area (Å²) in [5, 5.41) is 3.21. The summed E-state index contributed by atoms with van der Waals surface area (Å²) < 4.78 is 10.0. The van der Waals surface area contributed by atoms with Crippen molar-refractivity contribution in [3.8, 4) is 0 Å². The van der Waals surface area contributed by atoms with Crippen molar-refractivity contribution in [3.05, 3.63) is 0 Å². The summed E-state index contributed by atoms with van der Waals surface area (Å²) in [6.45, 7) is 3.78. The normalized spacial score (nSPS) is 14.1. The Bertz CT molecular complexity index is 217. The first kappa shape index (κ1) is 17.6. The second kappa shape index (κ2) is 10.6. The van der Waals surface area contributed by atoms with Crippen molar-refractivity contribution in [1.82, 2.24) is 10.2 Å². The Morgan fingerprint density at radius 1 is 1.22 bits per heavy atom. The summed E-state index contributed by atoms with van der Waals surface area (Å²) in [5.41, 5.74) is 0. The number of nitrogens with one attached hydrogen (secondary N) is 1. The molecule has 1 rings (SSSR count). The number of halogens is 1. The third-order valence-electron chi connectivity index (χ3n) is 2.89. The molecule has 0 radical (unpaired) electrons. The number of amides is 1. The number of rotatable bonds is 10. The van der Waals surface area contributed by atoms with Crippen LogP contribution in [-0.2, 0) is 14.3 Å². The Morgan fingerprint density at radius 2 is 1.78 bits per heavy atom. The van der Waals surface area contributed by atoms with Gasteiger partial charge in [-0.3, -0.25) is 4.79 Å². The minimum absolute atomic E-state index is 0. The first-order valence-corrected chi connectivity index (χ1v) is 6.24. The third-order valence-corrected chi connectivity index (χ3v) is 2.89. The summed E-state index contributed by atoms with van der Waals surface area (Å²) in [7, 11) is 3.29. The summed E-state index contributed by atoms with van der Waals surface area (Å²) in [6, 6.07) is 0. The van der Waals surface area contributed by atoms with Crippen LogP contribution < -0.4 is 5.32 Å². The van der Waals surface area contributed by atoms with Crippen molar-refractivity contribution < 1.29 is 14.3 Å². The molecule has 1 fully saturated rings. The number of ether oxygens (including phenoxy) is 2. The Balaban J connectivity index is 0.00000289. The van der Waals surface area contributed by atoms with E-state index in [9.17, 15) is 4.79 Å². The predicted octanol–water partition coefficient (Wildman–Crippen LogP) is 0.529. The van der Waals surface area contributed by atoms with Crippen LogP contribution in [0.5, 0.6) is 0 Å². The van der Waals surface area contributed by atoms with Crippen LogP contribution in [0, 0.1) is 5.92 Å². The maximum atomic E-state index is 11.9. The molecule has 0 aromatic rings. The lowest BCUT2D eigenvalue weighted by Gasteiger charge is -2.22. The van der Waals surface area contributed by atoms with Gasteiger partial charge in [-0.15, -0.1) is 12.4 Å². The average molecular weight is 281 g/mol. The summed E-state index contributed by atoms with van der Waals surface area (Å²) in [6.07, 6.45) is 2.61. The monoisotopic (exact) mass is 280 g/mol. The van der Waals surface area contributed by atoms with E-state index in [0.717, 1.165) is 12.5 Å². The third kappa shape index (κ3) is 7.87. The molecule has 1 N–H and O–H groups in total. The average Bonchev–Trinajstić information content (AvgIpc) is 3.13. The van der Waals surface area contributed by atoms with E-state index < -0.39 is 0 Å². The highest BCUT2D eigenvalue weighted by Gasteiger charge is 2.21. The van der Waals surface area contributed by atoms with Crippen molar-refractivity contribution in [2.45, 2.75) is 12.8 Å². The van der Waals surface area contributed by atoms with Gasteiger partial charge >= 0.3 is 0 Å². The molecule has 0 bridgehead atoms. The van der Waals surface area contributed by atoms with Crippen LogP contribution in [0.4, 0.5) is 0 Å². The molecule has 1 aliphatic rings. The van der Waals surface area contributed by atoms with Crippen LogP contribution in [-0.4, -0.2) is 64.4 Å². The van der Waals surface area contributed by atoms with Gasteiger partial charge in [-0.05, 0) is 25.3 Å². The molecular formula is C12H25ClN2O3. The molecule has 0 aromatic carbocycles. The molecule has 108 valence electrons. The van der Waals surface area contributed by atoms with E-state index in [-0.39, 0.29) is 18.3 Å². The molecule has 0 aromatic heterocycles. The molecule has 0 spiro atoms. The largest absolute Gasteiger partial charge is 0.383 e. The Hall–Kier alpha value is -0.360. The zero-order valence-electron chi connectivity index (χ0n) is 11.3. The predicted molar refractivity (Wildman–Crippen MR) is 73.2 cm³/mol. The van der Waals surface area contributed by atoms with E-state index in [4.69, 9.17) is 9.47 Å². The smallest absolute Gasteiger partial charge is 0.236 e. The fraction of sp³-hybridized carbons (Fsp3) is 0.917. The molecule has 18 heavy (non-hydrogen) atoms. The van der Waals surface area contributed by atoms with Gasteiger partial charge in [-0.25, -0.2) is 0 Å². The number of nitrogens with zero attached hydrogens (tertiary/aromatic N) is 1. The highest BCUT2D eigenvalue weighted by Crippen LogP contribution is 2.27. The van der Waals surface area contributed by atoms with Crippen LogP contribution in [0.15, 0.2) is 0 Å². The van der Waals surface area contributed by atoms with Gasteiger partial charge in [0.25, 0.3) is 0 Å². The minimum atomic E-state index is 0. The van der Waals surface area contributed by atoms with Crippen molar-refractivity contribution in [2.24, 2.45) is 5.92 Å². The lowest BCUT2D eigenvalue weighted by molar-refractivity contribution is -0.131. The summed E-state index contributed by atoms with van der Waals surface area (Å²) in [5.74, 6) is 0.925. The van der Waals surface area contributed by atoms with Crippen LogP contribution in [0.3, 0.4) is 0 Å². The maximum Gasteiger partial charge on any atom is 0.236 e. The van der Waals surface area contributed by atoms with Gasteiger partial charge in [0.2, 0.25) is 5.91 Å². The molecular weight excluding hydrogens is 256 g/mol. The lowest BCUT2D eigenvalue weighted by atomic mass is 10.4. The van der Waals surface area contributed by atoms with Crippen molar-refractivity contribution >= 4 is 18.3 Å². The Labute approximate surface area is 116 Å². The van der Waals surface area contributed by atoms with E-state index in [1.807, 2.05) is 0 Å². The molecule has 0 saturated heterocycles. The number of hydrogen-bond acceptors (Lipinski definition) is 4. The zero-order valence-corrected chi connectivity index (χ0v) is 12.1. The fourth-order valence-electron chi connectivity index (χ4n) is 1.58. The first-order chi connectivity index (χ1) is 8.27. The SMILES string of the molecule is COCCN(CCOC)C(=O)CNCC1CC1.Cl. The number of carbonyl (C=O) groups is 1. The molecule has 6 heteroatoms. The topological polar surface area (TPSA) is 50.8 Å². The van der Waals surface area contributed by atoms with E-state index in [0.29, 0.717) is 32.8 Å². The number of carbonyl (C=O) groups excluding carboxylic acids is 1. The van der Waals surface area contributed by atoms with Gasteiger partial charge < -0.3 is 19.7 Å². The van der Waals surface area contributed by atoms with Crippen molar-refractivity contribution in [1.29, 1.82) is 0 Å². The highest BCUT2D eigenvalue weighted by atomic mass is 35.5. The van der Waals surface area contributed by atoms with Crippen LogP contribution >= 0.6 is 12.4 Å². The molecule has 1 aliphatic carbocycles. The van der Waals surface area contributed by atoms with E-state index in [1.54, 1.807) is 19.1 Å². The van der Waals surface area contributed by atoms with Crippen LogP contribution in [0.1, 0.15) is 12.8 Å². The quantitative estimate of drug-likeness (QED) is 0.634. The van der Waals surface area contributed by atoms with Crippen LogP contribution in [0.2, 0.25) is 0 Å². The first-order valence-electron chi connectivity index (χ1n) is 6.24. The Kier molecular flexibility index (Phi) is 10.3. The second-order valence-electron chi connectivity index (χ2n) is 4.44. The van der Waals surface area contributed by atoms with Gasteiger partial charge in [-0.2, -0.15) is 0 Å². The number of hydrogen-bond donors (Lipinski definition) is 1. The lowest BCUT2D eigenvalue weighted by Crippen LogP contribution is -2.42. The van der Waals surface area contributed by atoms with Gasteiger partial charge in [0.15, 0.2) is 0 Å². The summed E-state index contributed by atoms with van der Waals surface area (Å²) in [4.78, 5) is 13.7. The van der Waals surface area contributed by atoms with Gasteiger partial charge in [0.1, 0.15) is 0 Å². The van der Waals surface area contributed by atoms with Gasteiger partial charge in [0.05, 0.1) is 19.8 Å². The Morgan fingerprint density at radius 3 is 2.22 bits per heavy atom. The van der Waals surface area contributed by atoms with Crippen molar-refractivity contribution in [3.63, 3.8) is 0 Å².